The SMILES string of the molecule is Cc1cccc([C@@H](NC(=O)NCC2(O)CCN(C)CC2)c2ccccc2)c1. The topological polar surface area (TPSA) is 64.6 Å². The van der Waals surface area contributed by atoms with Crippen molar-refractivity contribution in [3.63, 3.8) is 0 Å². The van der Waals surface area contributed by atoms with E-state index in [1.807, 2.05) is 62.5 Å². The van der Waals surface area contributed by atoms with Crippen molar-refractivity contribution in [2.75, 3.05) is 26.7 Å². The molecule has 0 aromatic heterocycles. The van der Waals surface area contributed by atoms with Crippen LogP contribution in [0.1, 0.15) is 35.6 Å². The second-order valence-corrected chi connectivity index (χ2v) is 7.61. The Labute approximate surface area is 161 Å². The standard InChI is InChI=1S/C22H29N3O2/c1-17-7-6-10-19(15-17)20(18-8-4-3-5-9-18)24-21(26)23-16-22(27)11-13-25(2)14-12-22/h3-10,15,20,27H,11-14,16H2,1-2H3,(H2,23,24,26)/t20-/m0/s1. The van der Waals surface area contributed by atoms with Crippen LogP contribution in [0.2, 0.25) is 0 Å². The molecule has 0 spiro atoms. The molecule has 5 nitrogen and oxygen atoms in total. The van der Waals surface area contributed by atoms with Crippen LogP contribution in [-0.2, 0) is 0 Å². The fourth-order valence-electron chi connectivity index (χ4n) is 3.49. The fourth-order valence-corrected chi connectivity index (χ4v) is 3.49. The van der Waals surface area contributed by atoms with Gasteiger partial charge in [0.25, 0.3) is 0 Å². The highest BCUT2D eigenvalue weighted by atomic mass is 16.3. The van der Waals surface area contributed by atoms with E-state index in [9.17, 15) is 9.90 Å². The first-order valence-electron chi connectivity index (χ1n) is 9.52. The molecule has 3 rings (SSSR count). The summed E-state index contributed by atoms with van der Waals surface area (Å²) in [5.74, 6) is 0. The molecule has 0 bridgehead atoms. The summed E-state index contributed by atoms with van der Waals surface area (Å²) in [6.07, 6.45) is 1.34. The summed E-state index contributed by atoms with van der Waals surface area (Å²) in [6, 6.07) is 17.6. The number of benzene rings is 2. The summed E-state index contributed by atoms with van der Waals surface area (Å²) in [7, 11) is 2.05. The summed E-state index contributed by atoms with van der Waals surface area (Å²) in [4.78, 5) is 14.8. The quantitative estimate of drug-likeness (QED) is 0.761. The van der Waals surface area contributed by atoms with Gasteiger partial charge in [0.15, 0.2) is 0 Å². The number of nitrogens with one attached hydrogen (secondary N) is 2. The molecular formula is C22H29N3O2. The van der Waals surface area contributed by atoms with Crippen molar-refractivity contribution >= 4 is 6.03 Å². The number of rotatable bonds is 5. The third-order valence-electron chi connectivity index (χ3n) is 5.28. The number of likely N-dealkylation sites (tertiary alicyclic amines) is 1. The zero-order chi connectivity index (χ0) is 19.3. The molecule has 1 saturated heterocycles. The first-order chi connectivity index (χ1) is 13.0. The number of carbonyl (C=O) groups excluding carboxylic acids is 1. The summed E-state index contributed by atoms with van der Waals surface area (Å²) in [5.41, 5.74) is 2.39. The lowest BCUT2D eigenvalue weighted by Gasteiger charge is -2.36. The second-order valence-electron chi connectivity index (χ2n) is 7.61. The summed E-state index contributed by atoms with van der Waals surface area (Å²) in [6.45, 7) is 3.99. The van der Waals surface area contributed by atoms with Crippen LogP contribution in [0.25, 0.3) is 0 Å². The Morgan fingerprint density at radius 1 is 1.11 bits per heavy atom. The summed E-state index contributed by atoms with van der Waals surface area (Å²) in [5, 5.41) is 16.6. The van der Waals surface area contributed by atoms with Gasteiger partial charge in [-0.1, -0.05) is 60.2 Å². The fraction of sp³-hybridized carbons (Fsp3) is 0.409. The van der Waals surface area contributed by atoms with Gasteiger partial charge in [0, 0.05) is 19.6 Å². The van der Waals surface area contributed by atoms with Crippen molar-refractivity contribution in [3.05, 3.63) is 71.3 Å². The highest BCUT2D eigenvalue weighted by Crippen LogP contribution is 2.23. The van der Waals surface area contributed by atoms with E-state index in [0.29, 0.717) is 12.8 Å². The number of amides is 2. The smallest absolute Gasteiger partial charge is 0.315 e. The Hall–Kier alpha value is -2.37. The highest BCUT2D eigenvalue weighted by molar-refractivity contribution is 5.75. The van der Waals surface area contributed by atoms with Gasteiger partial charge in [0.05, 0.1) is 11.6 Å². The van der Waals surface area contributed by atoms with Crippen molar-refractivity contribution in [2.45, 2.75) is 31.4 Å². The van der Waals surface area contributed by atoms with Gasteiger partial charge in [-0.15, -0.1) is 0 Å². The average molecular weight is 367 g/mol. The van der Waals surface area contributed by atoms with Gasteiger partial charge in [0.2, 0.25) is 0 Å². The van der Waals surface area contributed by atoms with E-state index in [-0.39, 0.29) is 18.6 Å². The largest absolute Gasteiger partial charge is 0.388 e. The van der Waals surface area contributed by atoms with Crippen molar-refractivity contribution < 1.29 is 9.90 Å². The molecule has 0 unspecified atom stereocenters. The van der Waals surface area contributed by atoms with Crippen LogP contribution < -0.4 is 10.6 Å². The number of aliphatic hydroxyl groups is 1. The lowest BCUT2D eigenvalue weighted by molar-refractivity contribution is -0.0123. The number of nitrogens with zero attached hydrogens (tertiary/aromatic N) is 1. The Balaban J connectivity index is 1.68. The van der Waals surface area contributed by atoms with Crippen molar-refractivity contribution in [1.29, 1.82) is 0 Å². The average Bonchev–Trinajstić information content (AvgIpc) is 2.68. The molecule has 1 fully saturated rings. The van der Waals surface area contributed by atoms with Crippen molar-refractivity contribution in [1.82, 2.24) is 15.5 Å². The van der Waals surface area contributed by atoms with Crippen molar-refractivity contribution in [2.24, 2.45) is 0 Å². The molecule has 0 saturated carbocycles. The van der Waals surface area contributed by atoms with Gasteiger partial charge >= 0.3 is 6.03 Å². The molecule has 3 N–H and O–H groups in total. The zero-order valence-electron chi connectivity index (χ0n) is 16.1. The van der Waals surface area contributed by atoms with Gasteiger partial charge in [-0.3, -0.25) is 0 Å². The number of piperidine rings is 1. The molecule has 1 aliphatic rings. The monoisotopic (exact) mass is 367 g/mol. The Bertz CT molecular complexity index is 755. The van der Waals surface area contributed by atoms with E-state index < -0.39 is 5.60 Å². The van der Waals surface area contributed by atoms with E-state index in [2.05, 4.69) is 21.6 Å². The zero-order valence-corrected chi connectivity index (χ0v) is 16.1. The van der Waals surface area contributed by atoms with Gasteiger partial charge < -0.3 is 20.6 Å². The van der Waals surface area contributed by atoms with Gasteiger partial charge in [-0.25, -0.2) is 4.79 Å². The van der Waals surface area contributed by atoms with Gasteiger partial charge in [-0.2, -0.15) is 0 Å². The predicted octanol–water partition coefficient (Wildman–Crippen LogP) is 2.84. The number of hydrogen-bond acceptors (Lipinski definition) is 3. The van der Waals surface area contributed by atoms with E-state index in [1.165, 1.54) is 0 Å². The van der Waals surface area contributed by atoms with Crippen LogP contribution in [0.4, 0.5) is 4.79 Å². The first-order valence-corrected chi connectivity index (χ1v) is 9.52. The predicted molar refractivity (Wildman–Crippen MR) is 108 cm³/mol. The molecule has 2 amide bonds. The molecule has 5 heteroatoms. The maximum absolute atomic E-state index is 12.6. The minimum atomic E-state index is -0.824. The molecule has 2 aromatic rings. The normalized spacial score (nSPS) is 17.9. The number of carbonyl (C=O) groups is 1. The number of urea groups is 1. The Morgan fingerprint density at radius 2 is 1.78 bits per heavy atom. The molecule has 0 aliphatic carbocycles. The third-order valence-corrected chi connectivity index (χ3v) is 5.28. The van der Waals surface area contributed by atoms with E-state index in [1.54, 1.807) is 0 Å². The molecule has 144 valence electrons. The molecule has 27 heavy (non-hydrogen) atoms. The van der Waals surface area contributed by atoms with Crippen LogP contribution in [0.5, 0.6) is 0 Å². The Morgan fingerprint density at radius 3 is 2.44 bits per heavy atom. The van der Waals surface area contributed by atoms with E-state index in [4.69, 9.17) is 0 Å². The van der Waals surface area contributed by atoms with Gasteiger partial charge in [-0.05, 0) is 37.9 Å². The maximum Gasteiger partial charge on any atom is 0.315 e. The minimum absolute atomic E-state index is 0.238. The number of aryl methyl sites for hydroxylation is 1. The minimum Gasteiger partial charge on any atom is -0.388 e. The molecule has 2 aromatic carbocycles. The van der Waals surface area contributed by atoms with Crippen LogP contribution >= 0.6 is 0 Å². The van der Waals surface area contributed by atoms with Crippen LogP contribution in [0.15, 0.2) is 54.6 Å². The Kier molecular flexibility index (Phi) is 6.14. The van der Waals surface area contributed by atoms with Crippen molar-refractivity contribution in [3.8, 4) is 0 Å². The van der Waals surface area contributed by atoms with Crippen LogP contribution in [0.3, 0.4) is 0 Å². The van der Waals surface area contributed by atoms with Crippen LogP contribution in [0, 0.1) is 6.92 Å². The summed E-state index contributed by atoms with van der Waals surface area (Å²) < 4.78 is 0. The van der Waals surface area contributed by atoms with E-state index >= 15 is 0 Å². The molecule has 1 aliphatic heterocycles. The highest BCUT2D eigenvalue weighted by Gasteiger charge is 2.31. The van der Waals surface area contributed by atoms with Crippen LogP contribution in [-0.4, -0.2) is 48.3 Å². The van der Waals surface area contributed by atoms with Gasteiger partial charge in [0.1, 0.15) is 0 Å². The lowest BCUT2D eigenvalue weighted by atomic mass is 9.91. The maximum atomic E-state index is 12.6. The van der Waals surface area contributed by atoms with E-state index in [0.717, 1.165) is 29.8 Å². The third kappa shape index (κ3) is 5.31. The molecule has 1 atom stereocenters. The lowest BCUT2D eigenvalue weighted by Crippen LogP contribution is -2.52. The number of hydrogen-bond donors (Lipinski definition) is 3. The first kappa shape index (κ1) is 19.4. The summed E-state index contributed by atoms with van der Waals surface area (Å²) >= 11 is 0. The molecule has 0 radical (unpaired) electrons. The molecule has 1 heterocycles. The second kappa shape index (κ2) is 8.55. The molecular weight excluding hydrogens is 338 g/mol.